The second-order valence-corrected chi connectivity index (χ2v) is 9.53. The number of nitrogens with zero attached hydrogens (tertiary/aromatic N) is 2. The highest BCUT2D eigenvalue weighted by molar-refractivity contribution is 5.96. The van der Waals surface area contributed by atoms with E-state index < -0.39 is 11.9 Å². The van der Waals surface area contributed by atoms with Crippen molar-refractivity contribution >= 4 is 30.1 Å². The second kappa shape index (κ2) is 14.7. The molecule has 1 aliphatic rings. The molecule has 0 spiro atoms. The minimum atomic E-state index is -1.01. The summed E-state index contributed by atoms with van der Waals surface area (Å²) >= 11 is 0. The molecule has 0 bridgehead atoms. The molecule has 1 unspecified atom stereocenters. The van der Waals surface area contributed by atoms with Crippen LogP contribution in [0.25, 0.3) is 12.0 Å². The van der Waals surface area contributed by atoms with Crippen molar-refractivity contribution in [1.29, 1.82) is 5.41 Å². The molecule has 1 atom stereocenters. The number of amides is 1. The Bertz CT molecular complexity index is 1660. The Balaban J connectivity index is 1.70. The third-order valence-corrected chi connectivity index (χ3v) is 6.95. The van der Waals surface area contributed by atoms with E-state index in [-0.39, 0.29) is 12.4 Å². The van der Waals surface area contributed by atoms with Gasteiger partial charge >= 0.3 is 0 Å². The molecule has 0 aliphatic carbocycles. The van der Waals surface area contributed by atoms with Gasteiger partial charge in [0.1, 0.15) is 6.04 Å². The van der Waals surface area contributed by atoms with Gasteiger partial charge in [0.15, 0.2) is 28.8 Å². The minimum Gasteiger partial charge on any atom is -0.493 e. The molecule has 6 N–H and O–H groups in total. The quantitative estimate of drug-likeness (QED) is 0.0832. The standard InChI is InChI=1S/C31H37N7O7/c1-40-23-12-18(13-24(41-2)27(23)44-5)11-22(30(39)38-29(37-33)21-10-8-7-9-20(21)17-35-38)36-31(32)34-16-19-14-25(42-3)28(45-6)26(15-19)43-4/h7-10,12-17,22,35,37H,11,33H2,1-6H3,(H2,32,36)/b34-16+. The van der Waals surface area contributed by atoms with E-state index in [9.17, 15) is 4.79 Å². The van der Waals surface area contributed by atoms with E-state index in [1.54, 1.807) is 30.5 Å². The van der Waals surface area contributed by atoms with Crippen molar-refractivity contribution in [3.05, 3.63) is 70.1 Å². The number of ether oxygens (including phenoxy) is 6. The lowest BCUT2D eigenvalue weighted by Gasteiger charge is -2.31. The Morgan fingerprint density at radius 3 is 2.00 bits per heavy atom. The molecular weight excluding hydrogens is 582 g/mol. The van der Waals surface area contributed by atoms with E-state index in [2.05, 4.69) is 21.2 Å². The number of hydrogen-bond donors (Lipinski definition) is 5. The predicted octanol–water partition coefficient (Wildman–Crippen LogP) is 0.607. The number of nitrogens with two attached hydrogens (primary N) is 1. The summed E-state index contributed by atoms with van der Waals surface area (Å²) in [7, 11) is 9.05. The SMILES string of the molecule is COc1cc(/C=N/C(=N)NC(Cc2cc(OC)c(OC)c(OC)c2)C(=O)N2NC=c3ccccc3=C2NN)cc(OC)c1OC. The summed E-state index contributed by atoms with van der Waals surface area (Å²) in [6.07, 6.45) is 3.25. The van der Waals surface area contributed by atoms with Gasteiger partial charge in [0.2, 0.25) is 17.5 Å². The normalized spacial score (nSPS) is 12.7. The Morgan fingerprint density at radius 1 is 0.911 bits per heavy atom. The van der Waals surface area contributed by atoms with Crippen LogP contribution < -0.4 is 60.9 Å². The van der Waals surface area contributed by atoms with Gasteiger partial charge in [0.05, 0.1) is 42.7 Å². The molecular formula is C31H37N7O7. The molecule has 45 heavy (non-hydrogen) atoms. The lowest BCUT2D eigenvalue weighted by molar-refractivity contribution is -0.131. The van der Waals surface area contributed by atoms with Crippen molar-refractivity contribution in [3.63, 3.8) is 0 Å². The van der Waals surface area contributed by atoms with E-state index in [1.807, 2.05) is 24.3 Å². The van der Waals surface area contributed by atoms with Gasteiger partial charge in [-0.15, -0.1) is 0 Å². The maximum Gasteiger partial charge on any atom is 0.269 e. The average Bonchev–Trinajstić information content (AvgIpc) is 3.08. The zero-order valence-corrected chi connectivity index (χ0v) is 25.9. The summed E-state index contributed by atoms with van der Waals surface area (Å²) < 4.78 is 32.7. The second-order valence-electron chi connectivity index (χ2n) is 9.53. The zero-order valence-electron chi connectivity index (χ0n) is 25.9. The number of aliphatic imine (C=N–C) groups is 1. The molecule has 14 heteroatoms. The van der Waals surface area contributed by atoms with E-state index in [0.29, 0.717) is 56.7 Å². The number of nitrogens with one attached hydrogen (secondary N) is 4. The maximum atomic E-state index is 14.1. The lowest BCUT2D eigenvalue weighted by Crippen LogP contribution is -2.59. The van der Waals surface area contributed by atoms with Crippen LogP contribution in [0.5, 0.6) is 34.5 Å². The molecule has 1 aliphatic heterocycles. The fraction of sp³-hybridized carbons (Fsp3) is 0.258. The van der Waals surface area contributed by atoms with E-state index >= 15 is 0 Å². The van der Waals surface area contributed by atoms with Crippen molar-refractivity contribution in [2.45, 2.75) is 12.5 Å². The van der Waals surface area contributed by atoms with Gasteiger partial charge in [0, 0.05) is 34.8 Å². The number of methoxy groups -OCH3 is 6. The maximum absolute atomic E-state index is 14.1. The highest BCUT2D eigenvalue weighted by Crippen LogP contribution is 2.39. The number of guanidine groups is 1. The first-order valence-electron chi connectivity index (χ1n) is 13.7. The summed E-state index contributed by atoms with van der Waals surface area (Å²) in [6, 6.07) is 13.3. The van der Waals surface area contributed by atoms with Crippen LogP contribution in [-0.2, 0) is 11.2 Å². The largest absolute Gasteiger partial charge is 0.493 e. The van der Waals surface area contributed by atoms with Crippen LogP contribution in [0.4, 0.5) is 0 Å². The molecule has 238 valence electrons. The fourth-order valence-electron chi connectivity index (χ4n) is 4.84. The third kappa shape index (κ3) is 6.96. The molecule has 0 saturated heterocycles. The summed E-state index contributed by atoms with van der Waals surface area (Å²) in [6.45, 7) is 0. The first kappa shape index (κ1) is 32.3. The first-order chi connectivity index (χ1) is 21.8. The molecule has 1 heterocycles. The van der Waals surface area contributed by atoms with E-state index in [4.69, 9.17) is 39.7 Å². The number of hydrogen-bond acceptors (Lipinski definition) is 11. The molecule has 3 aromatic carbocycles. The third-order valence-electron chi connectivity index (χ3n) is 6.95. The number of hydrazine groups is 2. The Labute approximate surface area is 260 Å². The van der Waals surface area contributed by atoms with Crippen molar-refractivity contribution in [2.75, 3.05) is 42.7 Å². The van der Waals surface area contributed by atoms with Gasteiger partial charge in [0.25, 0.3) is 5.91 Å². The molecule has 3 aromatic rings. The number of carbonyl (C=O) groups is 1. The van der Waals surface area contributed by atoms with Crippen LogP contribution in [0.2, 0.25) is 0 Å². The zero-order chi connectivity index (χ0) is 32.5. The van der Waals surface area contributed by atoms with Gasteiger partial charge in [-0.05, 0) is 29.8 Å². The Hall–Kier alpha value is -5.63. The smallest absolute Gasteiger partial charge is 0.269 e. The Morgan fingerprint density at radius 2 is 1.47 bits per heavy atom. The molecule has 0 saturated carbocycles. The molecule has 14 nitrogen and oxygen atoms in total. The van der Waals surface area contributed by atoms with Crippen LogP contribution in [0, 0.1) is 5.41 Å². The lowest BCUT2D eigenvalue weighted by atomic mass is 10.0. The molecule has 0 fully saturated rings. The number of carbonyl (C=O) groups excluding carboxylic acids is 1. The van der Waals surface area contributed by atoms with Gasteiger partial charge in [-0.3, -0.25) is 15.6 Å². The minimum absolute atomic E-state index is 0.106. The molecule has 0 radical (unpaired) electrons. The number of benzene rings is 3. The first-order valence-corrected chi connectivity index (χ1v) is 13.7. The topological polar surface area (TPSA) is 174 Å². The van der Waals surface area contributed by atoms with Crippen molar-refractivity contribution in [3.8, 4) is 34.5 Å². The summed E-state index contributed by atoms with van der Waals surface area (Å²) in [4.78, 5) is 18.4. The van der Waals surface area contributed by atoms with Crippen LogP contribution in [0.3, 0.4) is 0 Å². The number of fused-ring (bicyclic) bond motifs is 1. The van der Waals surface area contributed by atoms with E-state index in [0.717, 1.165) is 5.22 Å². The van der Waals surface area contributed by atoms with Crippen LogP contribution >= 0.6 is 0 Å². The summed E-state index contributed by atoms with van der Waals surface area (Å²) in [5.41, 5.74) is 6.87. The fourth-order valence-corrected chi connectivity index (χ4v) is 4.84. The van der Waals surface area contributed by atoms with Gasteiger partial charge in [-0.1, -0.05) is 24.3 Å². The van der Waals surface area contributed by atoms with E-state index in [1.165, 1.54) is 53.9 Å². The molecule has 4 rings (SSSR count). The Kier molecular flexibility index (Phi) is 10.5. The predicted molar refractivity (Wildman–Crippen MR) is 169 cm³/mol. The van der Waals surface area contributed by atoms with Crippen molar-refractivity contribution < 1.29 is 33.2 Å². The number of rotatable bonds is 12. The van der Waals surface area contributed by atoms with Gasteiger partial charge in [-0.2, -0.15) is 0 Å². The average molecular weight is 620 g/mol. The molecule has 0 aromatic heterocycles. The van der Waals surface area contributed by atoms with Crippen molar-refractivity contribution in [1.82, 2.24) is 21.2 Å². The van der Waals surface area contributed by atoms with Gasteiger partial charge in [-0.25, -0.2) is 15.8 Å². The monoisotopic (exact) mass is 619 g/mol. The van der Waals surface area contributed by atoms with Crippen molar-refractivity contribution in [2.24, 2.45) is 10.8 Å². The van der Waals surface area contributed by atoms with Crippen LogP contribution in [0.15, 0.2) is 53.5 Å². The summed E-state index contributed by atoms with van der Waals surface area (Å²) in [5, 5.41) is 14.4. The van der Waals surface area contributed by atoms with Gasteiger partial charge < -0.3 is 39.2 Å². The van der Waals surface area contributed by atoms with Crippen LogP contribution in [-0.4, -0.2) is 71.8 Å². The summed E-state index contributed by atoms with van der Waals surface area (Å²) in [5.74, 6) is 8.03. The highest BCUT2D eigenvalue weighted by Gasteiger charge is 2.30. The highest BCUT2D eigenvalue weighted by atomic mass is 16.5. The van der Waals surface area contributed by atoms with Crippen LogP contribution in [0.1, 0.15) is 11.1 Å². The molecule has 1 amide bonds.